The van der Waals surface area contributed by atoms with E-state index in [1.807, 2.05) is 64.1 Å². The van der Waals surface area contributed by atoms with Gasteiger partial charge in [0.05, 0.1) is 18.4 Å². The number of sulfonamides is 1. The molecule has 5 amide bonds. The number of nitrogens with one attached hydrogen (secondary N) is 4. The molecule has 0 unspecified atom stereocenters. The summed E-state index contributed by atoms with van der Waals surface area (Å²) in [7, 11) is -2.42. The lowest BCUT2D eigenvalue weighted by molar-refractivity contribution is -0.142. The third kappa shape index (κ3) is 8.56. The predicted molar refractivity (Wildman–Crippen MR) is 216 cm³/mol. The zero-order chi connectivity index (χ0) is 39.9. The van der Waals surface area contributed by atoms with Crippen molar-refractivity contribution in [2.75, 3.05) is 13.7 Å². The summed E-state index contributed by atoms with van der Waals surface area (Å²) in [6.45, 7) is 11.3. The number of pyridine rings is 1. The highest BCUT2D eigenvalue weighted by Gasteiger charge is 2.63. The van der Waals surface area contributed by atoms with Crippen molar-refractivity contribution in [3.8, 4) is 11.6 Å². The van der Waals surface area contributed by atoms with Crippen LogP contribution in [0.15, 0.2) is 42.6 Å². The first-order chi connectivity index (χ1) is 25.9. The minimum absolute atomic E-state index is 0. The molecular formula is C40H64N6O8S. The van der Waals surface area contributed by atoms with Crippen molar-refractivity contribution >= 4 is 44.5 Å². The zero-order valence-electron chi connectivity index (χ0n) is 32.9. The molecule has 0 spiro atoms. The van der Waals surface area contributed by atoms with Gasteiger partial charge in [0.25, 0.3) is 5.91 Å². The Morgan fingerprint density at radius 3 is 2.55 bits per heavy atom. The van der Waals surface area contributed by atoms with Crippen LogP contribution in [0.2, 0.25) is 0 Å². The van der Waals surface area contributed by atoms with E-state index in [2.05, 4.69) is 32.6 Å². The van der Waals surface area contributed by atoms with Crippen molar-refractivity contribution < 1.29 is 42.8 Å². The lowest BCUT2D eigenvalue weighted by atomic mass is 9.85. The van der Waals surface area contributed by atoms with E-state index >= 15 is 0 Å². The fraction of sp³-hybridized carbons (Fsp3) is 0.625. The predicted octanol–water partition coefficient (Wildman–Crippen LogP) is 5.32. The van der Waals surface area contributed by atoms with Crippen LogP contribution in [0.3, 0.4) is 0 Å². The van der Waals surface area contributed by atoms with E-state index in [0.29, 0.717) is 49.1 Å². The Balaban J connectivity index is 0.00000300. The number of hydrogen-bond acceptors (Lipinski definition) is 9. The Kier molecular flexibility index (Phi) is 11.2. The normalized spacial score (nSPS) is 30.1. The molecule has 3 fully saturated rings. The van der Waals surface area contributed by atoms with Gasteiger partial charge in [-0.2, -0.15) is 0 Å². The van der Waals surface area contributed by atoms with E-state index in [0.717, 1.165) is 11.8 Å². The van der Waals surface area contributed by atoms with Gasteiger partial charge in [0.15, 0.2) is 0 Å². The maximum Gasteiger partial charge on any atom is 0.315 e. The fourth-order valence-electron chi connectivity index (χ4n) is 7.91. The molecule has 0 bridgehead atoms. The molecule has 7 atom stereocenters. The molecule has 0 radical (unpaired) electrons. The maximum atomic E-state index is 14.9. The maximum absolute atomic E-state index is 14.9. The van der Waals surface area contributed by atoms with Crippen LogP contribution in [-0.2, 0) is 24.4 Å². The number of methoxy groups -OCH3 is 1. The number of ether oxygens (including phenoxy) is 2. The van der Waals surface area contributed by atoms with E-state index < -0.39 is 73.7 Å². The molecule has 1 aromatic heterocycles. The number of benzene rings is 1. The van der Waals surface area contributed by atoms with Crippen molar-refractivity contribution in [2.24, 2.45) is 17.8 Å². The molecule has 6 rings (SSSR count). The van der Waals surface area contributed by atoms with Gasteiger partial charge in [0, 0.05) is 40.6 Å². The Labute approximate surface area is 329 Å². The summed E-state index contributed by atoms with van der Waals surface area (Å²) < 4.78 is 39.7. The van der Waals surface area contributed by atoms with Gasteiger partial charge in [-0.05, 0) is 96.3 Å². The molecule has 1 aromatic carbocycles. The highest BCUT2D eigenvalue weighted by molar-refractivity contribution is 7.91. The van der Waals surface area contributed by atoms with Crippen LogP contribution >= 0.6 is 0 Å². The molecule has 15 heteroatoms. The molecule has 4 aliphatic rings. The van der Waals surface area contributed by atoms with Crippen LogP contribution in [0, 0.1) is 17.8 Å². The fourth-order valence-corrected chi connectivity index (χ4v) is 9.23. The summed E-state index contributed by atoms with van der Waals surface area (Å²) >= 11 is 0. The Morgan fingerprint density at radius 1 is 1.13 bits per heavy atom. The number of nitrogens with zero attached hydrogens (tertiary/aromatic N) is 2. The molecule has 2 aliphatic heterocycles. The van der Waals surface area contributed by atoms with Crippen LogP contribution in [0.5, 0.6) is 11.6 Å². The average molecular weight is 789 g/mol. The van der Waals surface area contributed by atoms with Crippen molar-refractivity contribution in [3.05, 3.63) is 42.6 Å². The van der Waals surface area contributed by atoms with Crippen LogP contribution in [0.4, 0.5) is 4.79 Å². The second-order valence-electron chi connectivity index (χ2n) is 17.2. The number of fused-ring (bicyclic) bond motifs is 3. The smallest absolute Gasteiger partial charge is 0.315 e. The summed E-state index contributed by atoms with van der Waals surface area (Å²) in [5, 5.41) is 10.3. The second-order valence-corrected chi connectivity index (χ2v) is 19.3. The van der Waals surface area contributed by atoms with Crippen molar-refractivity contribution in [1.29, 1.82) is 0 Å². The van der Waals surface area contributed by atoms with Crippen molar-refractivity contribution in [3.63, 3.8) is 0 Å². The molecular weight excluding hydrogens is 725 g/mol. The number of aromatic nitrogens is 1. The van der Waals surface area contributed by atoms with E-state index in [1.165, 1.54) is 4.90 Å². The summed E-state index contributed by atoms with van der Waals surface area (Å²) in [6.07, 6.45) is 8.65. The van der Waals surface area contributed by atoms with Crippen LogP contribution in [0.25, 0.3) is 10.8 Å². The molecule has 2 saturated carbocycles. The van der Waals surface area contributed by atoms with Gasteiger partial charge in [-0.3, -0.25) is 19.1 Å². The summed E-state index contributed by atoms with van der Waals surface area (Å²) in [5.41, 5.74) is -2.09. The second kappa shape index (κ2) is 15.3. The molecule has 4 N–H and O–H groups in total. The standard InChI is InChI=1S/C40H56N6O8S.4H2/c1-8-25-20-24(2)12-9-10-13-26-22-40(26,36(49)45-55(51,52)39(6)17-18-39)43-33(47)30-21-27(23-46(30)35(48)32(25)42-37(50)44-38(3,4)5)54-34-29-14-11-15-31(53-7)28(29)16-19-41-34;;;;/h10-11,13-16,19,24-27,30,32H,8-9,12,17-18,20-23H2,1-7H3,(H,43,47)(H,45,49)(H2,42,44,50);4*1H/b13-10-;;;;/t24-,25-,26-,27-,30+,32+,40-;;;;/m1..../s1. The third-order valence-corrected chi connectivity index (χ3v) is 13.8. The minimum atomic E-state index is -3.99. The highest BCUT2D eigenvalue weighted by Crippen LogP contribution is 2.47. The Morgan fingerprint density at radius 2 is 1.87 bits per heavy atom. The van der Waals surface area contributed by atoms with Gasteiger partial charge in [-0.25, -0.2) is 18.2 Å². The summed E-state index contributed by atoms with van der Waals surface area (Å²) in [4.78, 5) is 62.8. The summed E-state index contributed by atoms with van der Waals surface area (Å²) in [5.74, 6) is -1.41. The van der Waals surface area contributed by atoms with E-state index in [4.69, 9.17) is 9.47 Å². The number of rotatable bonds is 8. The topological polar surface area (TPSA) is 185 Å². The third-order valence-electron chi connectivity index (χ3n) is 11.6. The van der Waals surface area contributed by atoms with Crippen molar-refractivity contribution in [1.82, 2.24) is 30.6 Å². The van der Waals surface area contributed by atoms with Gasteiger partial charge in [0.2, 0.25) is 27.7 Å². The number of amides is 5. The Bertz CT molecular complexity index is 1980. The van der Waals surface area contributed by atoms with Crippen LogP contribution < -0.4 is 30.1 Å². The number of carbonyl (C=O) groups excluding carboxylic acids is 4. The lowest BCUT2D eigenvalue weighted by Gasteiger charge is -2.34. The molecule has 2 aromatic rings. The van der Waals surface area contributed by atoms with Crippen LogP contribution in [-0.4, -0.2) is 89.7 Å². The molecule has 2 aliphatic carbocycles. The lowest BCUT2D eigenvalue weighted by Crippen LogP contribution is -2.60. The first kappa shape index (κ1) is 40.3. The van der Waals surface area contributed by atoms with Gasteiger partial charge < -0.3 is 30.3 Å². The van der Waals surface area contributed by atoms with Crippen molar-refractivity contribution in [2.45, 2.75) is 127 Å². The van der Waals surface area contributed by atoms with Gasteiger partial charge in [0.1, 0.15) is 29.5 Å². The van der Waals surface area contributed by atoms with E-state index in [-0.39, 0.29) is 36.9 Å². The van der Waals surface area contributed by atoms with E-state index in [1.54, 1.807) is 20.2 Å². The number of urea groups is 1. The quantitative estimate of drug-likeness (QED) is 0.257. The monoisotopic (exact) mass is 788 g/mol. The molecule has 3 heterocycles. The van der Waals surface area contributed by atoms with Gasteiger partial charge in [-0.15, -0.1) is 0 Å². The number of hydrogen-bond donors (Lipinski definition) is 4. The molecule has 1 saturated heterocycles. The minimum Gasteiger partial charge on any atom is -0.496 e. The van der Waals surface area contributed by atoms with Crippen LogP contribution in [0.1, 0.15) is 98.6 Å². The molecule has 14 nitrogen and oxygen atoms in total. The highest BCUT2D eigenvalue weighted by atomic mass is 32.2. The average Bonchev–Trinajstić information content (AvgIpc) is 4.00. The first-order valence-corrected chi connectivity index (χ1v) is 20.9. The zero-order valence-corrected chi connectivity index (χ0v) is 33.8. The van der Waals surface area contributed by atoms with E-state index in [9.17, 15) is 27.6 Å². The SMILES string of the molecule is CC[C@@H]1C[C@H](C)CC/C=C\[C@@H]2C[C@@]2(C(=O)NS(=O)(=O)C2(C)CC2)NC(=O)[C@@H]2C[C@@H](Oc3nccc4c(OC)cccc34)CN2C(=O)[C@H]1NC(=O)NC(C)(C)C.[HH].[HH].[HH].[HH]. The first-order valence-electron chi connectivity index (χ1n) is 19.4. The number of allylic oxidation sites excluding steroid dienone is 1. The Hall–Kier alpha value is -4.40. The molecule has 308 valence electrons. The summed E-state index contributed by atoms with van der Waals surface area (Å²) in [6, 6.07) is 4.75. The van der Waals surface area contributed by atoms with Gasteiger partial charge >= 0.3 is 6.03 Å². The number of carbonyl (C=O) groups is 4. The molecule has 55 heavy (non-hydrogen) atoms. The van der Waals surface area contributed by atoms with Gasteiger partial charge in [-0.1, -0.05) is 38.5 Å². The largest absolute Gasteiger partial charge is 0.496 e.